The summed E-state index contributed by atoms with van der Waals surface area (Å²) >= 11 is 5.78. The van der Waals surface area contributed by atoms with Crippen molar-refractivity contribution in [2.75, 3.05) is 0 Å². The van der Waals surface area contributed by atoms with Crippen LogP contribution < -0.4 is 0 Å². The summed E-state index contributed by atoms with van der Waals surface area (Å²) in [5.74, 6) is 0.211. The first-order chi connectivity index (χ1) is 7.58. The molecule has 1 aromatic heterocycles. The Balaban J connectivity index is 2.44. The first kappa shape index (κ1) is 11.1. The molecule has 2 nitrogen and oxygen atoms in total. The molecule has 0 radical (unpaired) electrons. The van der Waals surface area contributed by atoms with Crippen LogP contribution in [0.4, 0.5) is 4.39 Å². The Bertz CT molecular complexity index is 488. The normalized spacial score (nSPS) is 11.1. The summed E-state index contributed by atoms with van der Waals surface area (Å²) in [6.45, 7) is 3.96. The maximum Gasteiger partial charge on any atom is 0.294 e. The van der Waals surface area contributed by atoms with E-state index in [2.05, 4.69) is 4.98 Å². The van der Waals surface area contributed by atoms with Gasteiger partial charge in [0.25, 0.3) is 6.08 Å². The lowest BCUT2D eigenvalue weighted by Crippen LogP contribution is -1.95. The summed E-state index contributed by atoms with van der Waals surface area (Å²) in [7, 11) is 0. The number of halogens is 2. The Hall–Kier alpha value is -1.35. The fourth-order valence-electron chi connectivity index (χ4n) is 1.44. The Labute approximate surface area is 98.7 Å². The van der Waals surface area contributed by atoms with Gasteiger partial charge in [-0.1, -0.05) is 25.4 Å². The van der Waals surface area contributed by atoms with Crippen LogP contribution in [0.1, 0.15) is 25.5 Å². The van der Waals surface area contributed by atoms with Crippen LogP contribution in [0.15, 0.2) is 30.5 Å². The monoisotopic (exact) mass is 238 g/mol. The zero-order valence-electron chi connectivity index (χ0n) is 9.11. The van der Waals surface area contributed by atoms with Gasteiger partial charge < -0.3 is 0 Å². The zero-order valence-corrected chi connectivity index (χ0v) is 9.87. The molecule has 0 aliphatic rings. The second-order valence-corrected chi connectivity index (χ2v) is 4.37. The van der Waals surface area contributed by atoms with Gasteiger partial charge in [0.2, 0.25) is 0 Å². The molecule has 0 fully saturated rings. The van der Waals surface area contributed by atoms with Crippen LogP contribution in [0.5, 0.6) is 0 Å². The molecule has 0 saturated carbocycles. The van der Waals surface area contributed by atoms with Crippen molar-refractivity contribution >= 4 is 11.6 Å². The van der Waals surface area contributed by atoms with E-state index in [0.717, 1.165) is 11.4 Å². The molecule has 0 N–H and O–H groups in total. The van der Waals surface area contributed by atoms with E-state index in [4.69, 9.17) is 11.6 Å². The van der Waals surface area contributed by atoms with Crippen LogP contribution in [0.25, 0.3) is 5.69 Å². The predicted octanol–water partition coefficient (Wildman–Crippen LogP) is 3.79. The van der Waals surface area contributed by atoms with Gasteiger partial charge in [-0.25, -0.2) is 4.98 Å². The van der Waals surface area contributed by atoms with E-state index in [9.17, 15) is 4.39 Å². The van der Waals surface area contributed by atoms with Gasteiger partial charge in [0.05, 0.1) is 5.69 Å². The van der Waals surface area contributed by atoms with E-state index >= 15 is 0 Å². The number of aromatic nitrogens is 2. The van der Waals surface area contributed by atoms with Crippen LogP contribution in [0.2, 0.25) is 5.02 Å². The molecule has 0 saturated heterocycles. The SMILES string of the molecule is CC(C)c1cn(-c2ccc(Cl)cc2)c(F)n1. The predicted molar refractivity (Wildman–Crippen MR) is 62.6 cm³/mol. The van der Waals surface area contributed by atoms with Gasteiger partial charge in [0.15, 0.2) is 0 Å². The van der Waals surface area contributed by atoms with Gasteiger partial charge in [0, 0.05) is 16.9 Å². The zero-order chi connectivity index (χ0) is 11.7. The highest BCUT2D eigenvalue weighted by atomic mass is 35.5. The van der Waals surface area contributed by atoms with E-state index in [0.29, 0.717) is 5.02 Å². The smallest absolute Gasteiger partial charge is 0.276 e. The van der Waals surface area contributed by atoms with Gasteiger partial charge in [-0.2, -0.15) is 4.39 Å². The molecule has 0 atom stereocenters. The van der Waals surface area contributed by atoms with Crippen molar-refractivity contribution < 1.29 is 4.39 Å². The molecule has 0 spiro atoms. The summed E-state index contributed by atoms with van der Waals surface area (Å²) < 4.78 is 15.0. The first-order valence-electron chi connectivity index (χ1n) is 5.08. The Morgan fingerprint density at radius 1 is 1.25 bits per heavy atom. The summed E-state index contributed by atoms with van der Waals surface area (Å²) in [6, 6.07) is 6.98. The second kappa shape index (κ2) is 4.26. The highest BCUT2D eigenvalue weighted by molar-refractivity contribution is 6.30. The van der Waals surface area contributed by atoms with Crippen molar-refractivity contribution in [1.82, 2.24) is 9.55 Å². The number of nitrogens with zero attached hydrogens (tertiary/aromatic N) is 2. The average molecular weight is 239 g/mol. The maximum atomic E-state index is 13.6. The van der Waals surface area contributed by atoms with Crippen molar-refractivity contribution in [2.45, 2.75) is 19.8 Å². The third kappa shape index (κ3) is 2.09. The van der Waals surface area contributed by atoms with Crippen LogP contribution in [0, 0.1) is 6.08 Å². The lowest BCUT2D eigenvalue weighted by Gasteiger charge is -2.02. The molecule has 1 heterocycles. The van der Waals surface area contributed by atoms with Crippen molar-refractivity contribution in [1.29, 1.82) is 0 Å². The minimum atomic E-state index is -0.494. The topological polar surface area (TPSA) is 17.8 Å². The van der Waals surface area contributed by atoms with E-state index in [1.807, 2.05) is 13.8 Å². The molecule has 1 aromatic carbocycles. The fourth-order valence-corrected chi connectivity index (χ4v) is 1.56. The van der Waals surface area contributed by atoms with Gasteiger partial charge in [-0.05, 0) is 30.2 Å². The fraction of sp³-hybridized carbons (Fsp3) is 0.250. The Morgan fingerprint density at radius 3 is 2.38 bits per heavy atom. The molecular weight excluding hydrogens is 227 g/mol. The molecule has 0 bridgehead atoms. The van der Waals surface area contributed by atoms with Crippen LogP contribution in [-0.2, 0) is 0 Å². The number of rotatable bonds is 2. The molecular formula is C12H12ClFN2. The van der Waals surface area contributed by atoms with E-state index in [1.54, 1.807) is 30.5 Å². The minimum absolute atomic E-state index is 0.211. The van der Waals surface area contributed by atoms with E-state index in [-0.39, 0.29) is 5.92 Å². The summed E-state index contributed by atoms with van der Waals surface area (Å²) in [6.07, 6.45) is 1.22. The molecule has 0 aliphatic heterocycles. The van der Waals surface area contributed by atoms with Gasteiger partial charge in [0.1, 0.15) is 0 Å². The van der Waals surface area contributed by atoms with Crippen LogP contribution in [-0.4, -0.2) is 9.55 Å². The lowest BCUT2D eigenvalue weighted by molar-refractivity contribution is 0.520. The second-order valence-electron chi connectivity index (χ2n) is 3.94. The van der Waals surface area contributed by atoms with Crippen molar-refractivity contribution in [3.05, 3.63) is 47.3 Å². The molecule has 4 heteroatoms. The molecule has 0 unspecified atom stereocenters. The largest absolute Gasteiger partial charge is 0.294 e. The number of benzene rings is 1. The molecule has 2 rings (SSSR count). The lowest BCUT2D eigenvalue weighted by atomic mass is 10.2. The van der Waals surface area contributed by atoms with Crippen molar-refractivity contribution in [2.24, 2.45) is 0 Å². The molecule has 2 aromatic rings. The molecule has 0 aliphatic carbocycles. The summed E-state index contributed by atoms with van der Waals surface area (Å²) in [5.41, 5.74) is 1.47. The first-order valence-corrected chi connectivity index (χ1v) is 5.46. The van der Waals surface area contributed by atoms with Gasteiger partial charge >= 0.3 is 0 Å². The quantitative estimate of drug-likeness (QED) is 0.778. The minimum Gasteiger partial charge on any atom is -0.276 e. The molecule has 0 amide bonds. The Morgan fingerprint density at radius 2 is 1.88 bits per heavy atom. The highest BCUT2D eigenvalue weighted by Crippen LogP contribution is 2.18. The maximum absolute atomic E-state index is 13.6. The molecule has 16 heavy (non-hydrogen) atoms. The summed E-state index contributed by atoms with van der Waals surface area (Å²) in [4.78, 5) is 3.87. The highest BCUT2D eigenvalue weighted by Gasteiger charge is 2.11. The standard InChI is InChI=1S/C12H12ClFN2/c1-8(2)11-7-16(12(14)15-11)10-5-3-9(13)4-6-10/h3-8H,1-2H3. The number of hydrogen-bond donors (Lipinski definition) is 0. The van der Waals surface area contributed by atoms with Crippen LogP contribution in [0.3, 0.4) is 0 Å². The number of hydrogen-bond acceptors (Lipinski definition) is 1. The third-order valence-electron chi connectivity index (χ3n) is 2.38. The van der Waals surface area contributed by atoms with Gasteiger partial charge in [-0.3, -0.25) is 4.57 Å². The molecule has 84 valence electrons. The average Bonchev–Trinajstić information content (AvgIpc) is 2.62. The van der Waals surface area contributed by atoms with E-state index < -0.39 is 6.08 Å². The third-order valence-corrected chi connectivity index (χ3v) is 2.63. The van der Waals surface area contributed by atoms with Gasteiger partial charge in [-0.15, -0.1) is 0 Å². The summed E-state index contributed by atoms with van der Waals surface area (Å²) in [5, 5.41) is 0.633. The Kier molecular flexibility index (Phi) is 2.97. The number of imidazole rings is 1. The van der Waals surface area contributed by atoms with E-state index in [1.165, 1.54) is 4.57 Å². The van der Waals surface area contributed by atoms with Crippen LogP contribution >= 0.6 is 11.6 Å². The van der Waals surface area contributed by atoms with Crippen molar-refractivity contribution in [3.8, 4) is 5.69 Å². The van der Waals surface area contributed by atoms with Crippen molar-refractivity contribution in [3.63, 3.8) is 0 Å².